The Balaban J connectivity index is 1.73. The van der Waals surface area contributed by atoms with Crippen molar-refractivity contribution >= 4 is 28.1 Å². The molecule has 0 saturated heterocycles. The van der Waals surface area contributed by atoms with Gasteiger partial charge in [0.2, 0.25) is 0 Å². The molecule has 3 nitrogen and oxygen atoms in total. The van der Waals surface area contributed by atoms with E-state index in [0.717, 1.165) is 23.5 Å². The van der Waals surface area contributed by atoms with Gasteiger partial charge in [-0.3, -0.25) is 0 Å². The standard InChI is InChI=1S/C13H18ClN3S/c1-9-2-4-10(5-3-9)6-7-16-13-17-12(14)11(8-15)18-13/h9-10H,2-7H2,1H3,(H,16,17). The van der Waals surface area contributed by atoms with Gasteiger partial charge in [-0.15, -0.1) is 0 Å². The Morgan fingerprint density at radius 2 is 2.17 bits per heavy atom. The number of thiazole rings is 1. The van der Waals surface area contributed by atoms with Crippen molar-refractivity contribution in [1.29, 1.82) is 5.26 Å². The third-order valence-corrected chi connectivity index (χ3v) is 4.95. The summed E-state index contributed by atoms with van der Waals surface area (Å²) in [7, 11) is 0. The highest BCUT2D eigenvalue weighted by Gasteiger charge is 2.17. The van der Waals surface area contributed by atoms with Gasteiger partial charge in [0.25, 0.3) is 0 Å². The Hall–Kier alpha value is -0.790. The maximum atomic E-state index is 8.79. The fourth-order valence-corrected chi connectivity index (χ4v) is 3.42. The molecule has 0 spiro atoms. The number of nitrogens with one attached hydrogen (secondary N) is 1. The molecule has 5 heteroatoms. The molecule has 0 aliphatic heterocycles. The molecule has 1 aliphatic carbocycles. The van der Waals surface area contributed by atoms with E-state index in [0.29, 0.717) is 10.0 Å². The van der Waals surface area contributed by atoms with Crippen LogP contribution in [-0.4, -0.2) is 11.5 Å². The summed E-state index contributed by atoms with van der Waals surface area (Å²) in [4.78, 5) is 4.62. The summed E-state index contributed by atoms with van der Waals surface area (Å²) >= 11 is 7.16. The van der Waals surface area contributed by atoms with Crippen molar-refractivity contribution < 1.29 is 0 Å². The highest BCUT2D eigenvalue weighted by Crippen LogP contribution is 2.31. The average molecular weight is 284 g/mol. The molecule has 1 aromatic heterocycles. The number of halogens is 1. The minimum absolute atomic E-state index is 0.316. The van der Waals surface area contributed by atoms with Crippen LogP contribution in [0.25, 0.3) is 0 Å². The van der Waals surface area contributed by atoms with Crippen LogP contribution in [0.1, 0.15) is 43.9 Å². The summed E-state index contributed by atoms with van der Waals surface area (Å²) in [6, 6.07) is 2.04. The van der Waals surface area contributed by atoms with E-state index in [9.17, 15) is 0 Å². The maximum absolute atomic E-state index is 8.79. The lowest BCUT2D eigenvalue weighted by atomic mass is 9.81. The summed E-state index contributed by atoms with van der Waals surface area (Å²) in [6.07, 6.45) is 6.63. The normalized spacial score (nSPS) is 23.6. The predicted octanol–water partition coefficient (Wildman–Crippen LogP) is 4.30. The van der Waals surface area contributed by atoms with E-state index in [2.05, 4.69) is 17.2 Å². The molecule has 1 N–H and O–H groups in total. The highest BCUT2D eigenvalue weighted by atomic mass is 35.5. The fraction of sp³-hybridized carbons (Fsp3) is 0.692. The third kappa shape index (κ3) is 3.60. The van der Waals surface area contributed by atoms with Gasteiger partial charge in [-0.05, 0) is 18.3 Å². The molecule has 0 unspecified atom stereocenters. The van der Waals surface area contributed by atoms with E-state index < -0.39 is 0 Å². The summed E-state index contributed by atoms with van der Waals surface area (Å²) < 4.78 is 0. The van der Waals surface area contributed by atoms with E-state index >= 15 is 0 Å². The van der Waals surface area contributed by atoms with Crippen LogP contribution in [-0.2, 0) is 0 Å². The second kappa shape index (κ2) is 6.40. The molecule has 0 atom stereocenters. The monoisotopic (exact) mass is 283 g/mol. The Labute approximate surface area is 117 Å². The minimum Gasteiger partial charge on any atom is -0.361 e. The van der Waals surface area contributed by atoms with E-state index in [1.807, 2.05) is 6.07 Å². The van der Waals surface area contributed by atoms with Gasteiger partial charge < -0.3 is 5.32 Å². The van der Waals surface area contributed by atoms with Crippen LogP contribution in [0.2, 0.25) is 5.15 Å². The van der Waals surface area contributed by atoms with Crippen LogP contribution in [0, 0.1) is 23.2 Å². The van der Waals surface area contributed by atoms with Crippen molar-refractivity contribution in [2.75, 3.05) is 11.9 Å². The summed E-state index contributed by atoms with van der Waals surface area (Å²) in [5.41, 5.74) is 0. The van der Waals surface area contributed by atoms with Crippen LogP contribution < -0.4 is 5.32 Å². The van der Waals surface area contributed by atoms with Crippen molar-refractivity contribution in [3.8, 4) is 6.07 Å². The van der Waals surface area contributed by atoms with Gasteiger partial charge in [0, 0.05) is 6.54 Å². The van der Waals surface area contributed by atoms with Crippen molar-refractivity contribution in [2.24, 2.45) is 11.8 Å². The van der Waals surface area contributed by atoms with Gasteiger partial charge in [-0.1, -0.05) is 55.5 Å². The molecule has 18 heavy (non-hydrogen) atoms. The van der Waals surface area contributed by atoms with Crippen molar-refractivity contribution in [1.82, 2.24) is 4.98 Å². The summed E-state index contributed by atoms with van der Waals surface area (Å²) in [5.74, 6) is 1.75. The zero-order chi connectivity index (χ0) is 13.0. The van der Waals surface area contributed by atoms with Gasteiger partial charge in [0.05, 0.1) is 0 Å². The van der Waals surface area contributed by atoms with E-state index in [4.69, 9.17) is 16.9 Å². The van der Waals surface area contributed by atoms with Crippen LogP contribution in [0.3, 0.4) is 0 Å². The number of hydrogen-bond acceptors (Lipinski definition) is 4. The lowest BCUT2D eigenvalue weighted by Gasteiger charge is -2.25. The van der Waals surface area contributed by atoms with E-state index in [1.165, 1.54) is 43.4 Å². The molecule has 1 heterocycles. The second-order valence-electron chi connectivity index (χ2n) is 5.09. The summed E-state index contributed by atoms with van der Waals surface area (Å²) in [6.45, 7) is 3.27. The molecule has 2 rings (SSSR count). The van der Waals surface area contributed by atoms with Gasteiger partial charge in [0.15, 0.2) is 10.3 Å². The topological polar surface area (TPSA) is 48.7 Å². The molecule has 1 saturated carbocycles. The second-order valence-corrected chi connectivity index (χ2v) is 6.45. The molecule has 1 aliphatic rings. The van der Waals surface area contributed by atoms with Gasteiger partial charge >= 0.3 is 0 Å². The Kier molecular flexibility index (Phi) is 4.85. The first-order valence-corrected chi connectivity index (χ1v) is 7.68. The molecule has 0 aromatic carbocycles. The van der Waals surface area contributed by atoms with Crippen LogP contribution in [0.4, 0.5) is 5.13 Å². The van der Waals surface area contributed by atoms with Gasteiger partial charge in [-0.2, -0.15) is 5.26 Å². The molecule has 0 radical (unpaired) electrons. The molecule has 0 amide bonds. The first-order valence-electron chi connectivity index (χ1n) is 6.49. The third-order valence-electron chi connectivity index (χ3n) is 3.65. The Morgan fingerprint density at radius 1 is 1.44 bits per heavy atom. The Morgan fingerprint density at radius 3 is 2.78 bits per heavy atom. The molecular formula is C13H18ClN3S. The quantitative estimate of drug-likeness (QED) is 0.896. The van der Waals surface area contributed by atoms with E-state index in [1.54, 1.807) is 0 Å². The first kappa shape index (κ1) is 13.6. The minimum atomic E-state index is 0.316. The lowest BCUT2D eigenvalue weighted by molar-refractivity contribution is 0.282. The largest absolute Gasteiger partial charge is 0.361 e. The summed E-state index contributed by atoms with van der Waals surface area (Å²) in [5, 5.41) is 13.1. The number of rotatable bonds is 4. The van der Waals surface area contributed by atoms with Gasteiger partial charge in [-0.25, -0.2) is 4.98 Å². The van der Waals surface area contributed by atoms with Crippen molar-refractivity contribution in [3.63, 3.8) is 0 Å². The zero-order valence-corrected chi connectivity index (χ0v) is 12.2. The lowest BCUT2D eigenvalue weighted by Crippen LogP contribution is -2.15. The highest BCUT2D eigenvalue weighted by molar-refractivity contribution is 7.16. The molecule has 0 bridgehead atoms. The molecular weight excluding hydrogens is 266 g/mol. The zero-order valence-electron chi connectivity index (χ0n) is 10.6. The van der Waals surface area contributed by atoms with Gasteiger partial charge in [0.1, 0.15) is 10.9 Å². The predicted molar refractivity (Wildman–Crippen MR) is 76.1 cm³/mol. The van der Waals surface area contributed by atoms with Crippen molar-refractivity contribution in [3.05, 3.63) is 10.0 Å². The molecule has 1 fully saturated rings. The average Bonchev–Trinajstić information content (AvgIpc) is 2.72. The molecule has 98 valence electrons. The maximum Gasteiger partial charge on any atom is 0.185 e. The van der Waals surface area contributed by atoms with E-state index in [-0.39, 0.29) is 0 Å². The smallest absolute Gasteiger partial charge is 0.185 e. The number of aromatic nitrogens is 1. The Bertz CT molecular complexity index is 430. The first-order chi connectivity index (χ1) is 8.69. The number of nitriles is 1. The van der Waals surface area contributed by atoms with Crippen LogP contribution >= 0.6 is 22.9 Å². The van der Waals surface area contributed by atoms with Crippen molar-refractivity contribution in [2.45, 2.75) is 39.0 Å². The number of hydrogen-bond donors (Lipinski definition) is 1. The molecule has 1 aromatic rings. The van der Waals surface area contributed by atoms with Crippen LogP contribution in [0.5, 0.6) is 0 Å². The number of nitrogens with zero attached hydrogens (tertiary/aromatic N) is 2. The SMILES string of the molecule is CC1CCC(CCNc2nc(Cl)c(C#N)s2)CC1. The number of anilines is 1. The fourth-order valence-electron chi connectivity index (χ4n) is 2.45. The van der Waals surface area contributed by atoms with Crippen LogP contribution in [0.15, 0.2) is 0 Å².